The summed E-state index contributed by atoms with van der Waals surface area (Å²) >= 11 is 3.22. The van der Waals surface area contributed by atoms with Gasteiger partial charge in [0.25, 0.3) is 0 Å². The van der Waals surface area contributed by atoms with Crippen LogP contribution in [0.25, 0.3) is 0 Å². The summed E-state index contributed by atoms with van der Waals surface area (Å²) < 4.78 is 18.4. The molecule has 4 heteroatoms. The van der Waals surface area contributed by atoms with E-state index in [1.807, 2.05) is 6.07 Å². The van der Waals surface area contributed by atoms with E-state index in [2.05, 4.69) is 15.9 Å². The average molecular weight is 258 g/mol. The van der Waals surface area contributed by atoms with Gasteiger partial charge in [-0.2, -0.15) is 5.26 Å². The Morgan fingerprint density at radius 2 is 2.36 bits per heavy atom. The highest BCUT2D eigenvalue weighted by Crippen LogP contribution is 2.25. The number of hydrogen-bond acceptors (Lipinski definition) is 2. The molecule has 1 unspecified atom stereocenters. The van der Waals surface area contributed by atoms with E-state index in [4.69, 9.17) is 10.00 Å². The molecule has 0 saturated carbocycles. The number of nitrogens with zero attached hydrogens (tertiary/aromatic N) is 1. The van der Waals surface area contributed by atoms with Crippen molar-refractivity contribution in [3.05, 3.63) is 29.6 Å². The standard InChI is InChI=1S/C10H9BrFNO/c1-7(6-13)14-10-8(5-11)3-2-4-9(10)12/h2-4,7H,5H2,1H3. The van der Waals surface area contributed by atoms with Gasteiger partial charge >= 0.3 is 0 Å². The van der Waals surface area contributed by atoms with Crippen LogP contribution < -0.4 is 4.74 Å². The molecule has 0 saturated heterocycles. The van der Waals surface area contributed by atoms with Gasteiger partial charge < -0.3 is 4.74 Å². The van der Waals surface area contributed by atoms with Crippen LogP contribution in [0.2, 0.25) is 0 Å². The molecule has 0 aromatic heterocycles. The van der Waals surface area contributed by atoms with Crippen molar-refractivity contribution in [2.45, 2.75) is 18.4 Å². The van der Waals surface area contributed by atoms with Gasteiger partial charge in [-0.15, -0.1) is 0 Å². The second-order valence-corrected chi connectivity index (χ2v) is 3.31. The smallest absolute Gasteiger partial charge is 0.181 e. The van der Waals surface area contributed by atoms with Crippen LogP contribution in [0.4, 0.5) is 4.39 Å². The van der Waals surface area contributed by atoms with Crippen molar-refractivity contribution in [1.82, 2.24) is 0 Å². The summed E-state index contributed by atoms with van der Waals surface area (Å²) in [7, 11) is 0. The molecule has 0 bridgehead atoms. The van der Waals surface area contributed by atoms with E-state index < -0.39 is 11.9 Å². The third-order valence-corrected chi connectivity index (χ3v) is 2.27. The quantitative estimate of drug-likeness (QED) is 0.781. The Labute approximate surface area is 90.4 Å². The Bertz CT molecular complexity index is 362. The predicted molar refractivity (Wildman–Crippen MR) is 54.7 cm³/mol. The summed E-state index contributed by atoms with van der Waals surface area (Å²) in [6.07, 6.45) is -0.648. The molecule has 1 atom stereocenters. The van der Waals surface area contributed by atoms with Gasteiger partial charge in [-0.25, -0.2) is 4.39 Å². The summed E-state index contributed by atoms with van der Waals surface area (Å²) in [5, 5.41) is 9.04. The maximum atomic E-state index is 13.3. The van der Waals surface area contributed by atoms with E-state index in [-0.39, 0.29) is 5.75 Å². The first kappa shape index (κ1) is 11.0. The van der Waals surface area contributed by atoms with Crippen LogP contribution in [-0.2, 0) is 5.33 Å². The number of nitriles is 1. The molecule has 0 spiro atoms. The Balaban J connectivity index is 3.00. The first-order valence-corrected chi connectivity index (χ1v) is 5.20. The number of rotatable bonds is 3. The summed E-state index contributed by atoms with van der Waals surface area (Å²) in [5.41, 5.74) is 0.701. The van der Waals surface area contributed by atoms with E-state index in [9.17, 15) is 4.39 Å². The number of hydrogen-bond donors (Lipinski definition) is 0. The maximum Gasteiger partial charge on any atom is 0.181 e. The number of benzene rings is 1. The van der Waals surface area contributed by atoms with E-state index >= 15 is 0 Å². The number of alkyl halides is 1. The minimum atomic E-state index is -0.648. The lowest BCUT2D eigenvalue weighted by Gasteiger charge is -2.11. The Hall–Kier alpha value is -1.08. The van der Waals surface area contributed by atoms with Crippen LogP contribution in [0.3, 0.4) is 0 Å². The van der Waals surface area contributed by atoms with E-state index in [1.54, 1.807) is 19.1 Å². The van der Waals surface area contributed by atoms with Crippen LogP contribution in [0, 0.1) is 17.1 Å². The largest absolute Gasteiger partial charge is 0.472 e. The van der Waals surface area contributed by atoms with Crippen LogP contribution in [-0.4, -0.2) is 6.10 Å². The minimum absolute atomic E-state index is 0.151. The Morgan fingerprint density at radius 3 is 2.93 bits per heavy atom. The zero-order valence-electron chi connectivity index (χ0n) is 7.63. The van der Waals surface area contributed by atoms with Gasteiger partial charge in [-0.3, -0.25) is 0 Å². The molecule has 0 N–H and O–H groups in total. The van der Waals surface area contributed by atoms with E-state index in [1.165, 1.54) is 6.07 Å². The van der Waals surface area contributed by atoms with Gasteiger partial charge in [-0.1, -0.05) is 28.1 Å². The summed E-state index contributed by atoms with van der Waals surface area (Å²) in [6, 6.07) is 6.55. The molecule has 74 valence electrons. The Kier molecular flexibility index (Phi) is 3.90. The fraction of sp³-hybridized carbons (Fsp3) is 0.300. The lowest BCUT2D eigenvalue weighted by Crippen LogP contribution is -2.10. The maximum absolute atomic E-state index is 13.3. The second-order valence-electron chi connectivity index (χ2n) is 2.75. The molecule has 0 aliphatic heterocycles. The fourth-order valence-electron chi connectivity index (χ4n) is 0.994. The van der Waals surface area contributed by atoms with Crippen molar-refractivity contribution in [2.75, 3.05) is 0 Å². The van der Waals surface area contributed by atoms with Crippen molar-refractivity contribution >= 4 is 15.9 Å². The second kappa shape index (κ2) is 4.97. The summed E-state index contributed by atoms with van der Waals surface area (Å²) in [4.78, 5) is 0. The first-order chi connectivity index (χ1) is 6.69. The monoisotopic (exact) mass is 257 g/mol. The molecule has 0 fully saturated rings. The van der Waals surface area contributed by atoms with Crippen molar-refractivity contribution in [1.29, 1.82) is 5.26 Å². The van der Waals surface area contributed by atoms with Gasteiger partial charge in [0, 0.05) is 10.9 Å². The Morgan fingerprint density at radius 1 is 1.64 bits per heavy atom. The predicted octanol–water partition coefficient (Wildman–Crippen LogP) is 3.01. The third kappa shape index (κ3) is 2.46. The molecule has 0 amide bonds. The van der Waals surface area contributed by atoms with Crippen molar-refractivity contribution < 1.29 is 9.13 Å². The van der Waals surface area contributed by atoms with E-state index in [0.717, 1.165) is 0 Å². The number of halogens is 2. The fourth-order valence-corrected chi connectivity index (χ4v) is 1.44. The zero-order chi connectivity index (χ0) is 10.6. The van der Waals surface area contributed by atoms with Crippen LogP contribution in [0.5, 0.6) is 5.75 Å². The SMILES string of the molecule is CC(C#N)Oc1c(F)cccc1CBr. The molecule has 1 aromatic rings. The van der Waals surface area contributed by atoms with Gasteiger partial charge in [0.05, 0.1) is 0 Å². The third-order valence-electron chi connectivity index (χ3n) is 1.67. The summed E-state index contributed by atoms with van der Waals surface area (Å²) in [6.45, 7) is 1.57. The minimum Gasteiger partial charge on any atom is -0.472 e. The molecule has 0 aliphatic carbocycles. The lowest BCUT2D eigenvalue weighted by molar-refractivity contribution is 0.261. The molecule has 2 nitrogen and oxygen atoms in total. The molecule has 0 radical (unpaired) electrons. The topological polar surface area (TPSA) is 33.0 Å². The van der Waals surface area contributed by atoms with Crippen LogP contribution in [0.1, 0.15) is 12.5 Å². The van der Waals surface area contributed by atoms with Gasteiger partial charge in [0.2, 0.25) is 0 Å². The lowest BCUT2D eigenvalue weighted by atomic mass is 10.2. The van der Waals surface area contributed by atoms with Crippen molar-refractivity contribution in [2.24, 2.45) is 0 Å². The molecular weight excluding hydrogens is 249 g/mol. The highest BCUT2D eigenvalue weighted by atomic mass is 79.9. The van der Waals surface area contributed by atoms with Gasteiger partial charge in [-0.05, 0) is 13.0 Å². The summed E-state index contributed by atoms with van der Waals surface area (Å²) in [5.74, 6) is -0.289. The van der Waals surface area contributed by atoms with Crippen molar-refractivity contribution in [3.8, 4) is 11.8 Å². The van der Waals surface area contributed by atoms with Crippen molar-refractivity contribution in [3.63, 3.8) is 0 Å². The van der Waals surface area contributed by atoms with Gasteiger partial charge in [0.1, 0.15) is 6.07 Å². The van der Waals surface area contributed by atoms with Gasteiger partial charge in [0.15, 0.2) is 17.7 Å². The number of ether oxygens (including phenoxy) is 1. The molecule has 1 aromatic carbocycles. The molecule has 0 aliphatic rings. The average Bonchev–Trinajstić information content (AvgIpc) is 2.20. The first-order valence-electron chi connectivity index (χ1n) is 4.08. The highest BCUT2D eigenvalue weighted by molar-refractivity contribution is 9.08. The van der Waals surface area contributed by atoms with Crippen LogP contribution >= 0.6 is 15.9 Å². The molecule has 14 heavy (non-hydrogen) atoms. The molecular formula is C10H9BrFNO. The number of para-hydroxylation sites is 1. The van der Waals surface area contributed by atoms with E-state index in [0.29, 0.717) is 10.9 Å². The molecule has 1 rings (SSSR count). The molecule has 0 heterocycles. The zero-order valence-corrected chi connectivity index (χ0v) is 9.21. The van der Waals surface area contributed by atoms with Crippen LogP contribution in [0.15, 0.2) is 18.2 Å². The normalized spacial score (nSPS) is 11.9. The highest BCUT2D eigenvalue weighted by Gasteiger charge is 2.11.